The van der Waals surface area contributed by atoms with Crippen LogP contribution in [0.25, 0.3) is 0 Å². The molecule has 6 atom stereocenters. The summed E-state index contributed by atoms with van der Waals surface area (Å²) in [6.45, 7) is 8.85. The third kappa shape index (κ3) is 13.6. The molecule has 352 valence electrons. The van der Waals surface area contributed by atoms with Gasteiger partial charge in [0.2, 0.25) is 0 Å². The highest BCUT2D eigenvalue weighted by Gasteiger charge is 2.46. The van der Waals surface area contributed by atoms with E-state index in [1.807, 2.05) is 0 Å². The average Bonchev–Trinajstić information content (AvgIpc) is 4.07. The number of benzene rings is 4. The summed E-state index contributed by atoms with van der Waals surface area (Å²) in [4.78, 5) is 12.5. The Balaban J connectivity index is 0.000000198. The fourth-order valence-electron chi connectivity index (χ4n) is 8.92. The fourth-order valence-corrected chi connectivity index (χ4v) is 8.92. The van der Waals surface area contributed by atoms with Crippen LogP contribution in [-0.2, 0) is 38.1 Å². The zero-order valence-corrected chi connectivity index (χ0v) is 37.6. The zero-order valence-electron chi connectivity index (χ0n) is 37.6. The smallest absolute Gasteiger partial charge is 0.407 e. The second-order valence-electron chi connectivity index (χ2n) is 19.3. The van der Waals surface area contributed by atoms with Crippen molar-refractivity contribution in [3.8, 4) is 0 Å². The number of nitrogens with two attached hydrogens (primary N) is 1. The molecule has 14 heteroatoms. The van der Waals surface area contributed by atoms with E-state index in [4.69, 9.17) is 19.9 Å². The summed E-state index contributed by atoms with van der Waals surface area (Å²) in [5, 5.41) is 31.2. The fraction of sp³-hybridized carbons (Fsp3) is 0.510. The van der Waals surface area contributed by atoms with Crippen LogP contribution in [0.2, 0.25) is 0 Å². The number of ether oxygens (including phenoxy) is 3. The van der Waals surface area contributed by atoms with Crippen molar-refractivity contribution in [2.75, 3.05) is 39.5 Å². The molecule has 4 aromatic carbocycles. The first kappa shape index (κ1) is 48.5. The van der Waals surface area contributed by atoms with Gasteiger partial charge in [-0.3, -0.25) is 0 Å². The second kappa shape index (κ2) is 21.0. The average molecular weight is 905 g/mol. The van der Waals surface area contributed by atoms with Crippen molar-refractivity contribution in [3.05, 3.63) is 142 Å². The molecule has 2 aliphatic carbocycles. The van der Waals surface area contributed by atoms with Crippen LogP contribution in [0.4, 0.5) is 22.4 Å². The van der Waals surface area contributed by atoms with Crippen LogP contribution >= 0.6 is 0 Å². The van der Waals surface area contributed by atoms with Crippen LogP contribution in [0.1, 0.15) is 105 Å². The maximum atomic E-state index is 13.8. The molecule has 6 unspecified atom stereocenters. The Morgan fingerprint density at radius 3 is 1.57 bits per heavy atom. The minimum atomic E-state index is -1.02. The molecule has 10 nitrogen and oxygen atoms in total. The number of aliphatic hydroxyl groups is 2. The number of aliphatic hydroxyl groups excluding tert-OH is 2. The normalized spacial score (nSPS) is 21.4. The maximum Gasteiger partial charge on any atom is 0.407 e. The highest BCUT2D eigenvalue weighted by Crippen LogP contribution is 2.47. The van der Waals surface area contributed by atoms with Gasteiger partial charge in [-0.05, 0) is 130 Å². The van der Waals surface area contributed by atoms with E-state index in [0.29, 0.717) is 29.5 Å². The summed E-state index contributed by atoms with van der Waals surface area (Å²) in [5.74, 6) is -1.83. The van der Waals surface area contributed by atoms with Crippen LogP contribution in [0.5, 0.6) is 0 Å². The highest BCUT2D eigenvalue weighted by molar-refractivity contribution is 5.68. The quantitative estimate of drug-likeness (QED) is 0.0593. The van der Waals surface area contributed by atoms with Gasteiger partial charge in [-0.2, -0.15) is 0 Å². The minimum absolute atomic E-state index is 0.0426. The summed E-state index contributed by atoms with van der Waals surface area (Å²) in [6.07, 6.45) is 3.67. The molecule has 4 aromatic rings. The van der Waals surface area contributed by atoms with Gasteiger partial charge in [0.1, 0.15) is 28.9 Å². The first-order valence-corrected chi connectivity index (χ1v) is 22.9. The van der Waals surface area contributed by atoms with Gasteiger partial charge in [0, 0.05) is 67.4 Å². The van der Waals surface area contributed by atoms with Crippen LogP contribution < -0.4 is 21.7 Å². The lowest BCUT2D eigenvalue weighted by Gasteiger charge is -2.29. The molecule has 0 bridgehead atoms. The number of nitrogens with one attached hydrogen (secondary N) is 3. The van der Waals surface area contributed by atoms with E-state index in [9.17, 15) is 32.6 Å². The van der Waals surface area contributed by atoms with Crippen LogP contribution in [-0.4, -0.2) is 85.7 Å². The molecule has 2 saturated carbocycles. The van der Waals surface area contributed by atoms with Gasteiger partial charge >= 0.3 is 6.09 Å². The summed E-state index contributed by atoms with van der Waals surface area (Å²) >= 11 is 0. The van der Waals surface area contributed by atoms with Gasteiger partial charge in [-0.25, -0.2) is 22.4 Å². The lowest BCUT2D eigenvalue weighted by molar-refractivity contribution is 0.0419. The molecular formula is C51H64F4N4O6. The van der Waals surface area contributed by atoms with Crippen molar-refractivity contribution in [3.63, 3.8) is 0 Å². The lowest BCUT2D eigenvalue weighted by Crippen LogP contribution is -2.51. The van der Waals surface area contributed by atoms with Crippen LogP contribution in [0.3, 0.4) is 0 Å². The molecule has 4 fully saturated rings. The monoisotopic (exact) mass is 904 g/mol. The predicted molar refractivity (Wildman–Crippen MR) is 240 cm³/mol. The van der Waals surface area contributed by atoms with Gasteiger partial charge < -0.3 is 46.1 Å². The first-order chi connectivity index (χ1) is 31.0. The van der Waals surface area contributed by atoms with E-state index in [1.54, 1.807) is 20.8 Å². The molecule has 4 aliphatic rings. The van der Waals surface area contributed by atoms with E-state index in [0.717, 1.165) is 77.1 Å². The number of rotatable bonds is 17. The predicted octanol–water partition coefficient (Wildman–Crippen LogP) is 7.52. The molecule has 7 N–H and O–H groups in total. The molecule has 8 rings (SSSR count). The molecular weight excluding hydrogens is 841 g/mol. The number of hydrogen-bond acceptors (Lipinski definition) is 9. The molecule has 0 radical (unpaired) electrons. The molecule has 2 saturated heterocycles. The first-order valence-electron chi connectivity index (χ1n) is 22.9. The second-order valence-corrected chi connectivity index (χ2v) is 19.3. The van der Waals surface area contributed by atoms with E-state index < -0.39 is 59.3 Å². The largest absolute Gasteiger partial charge is 0.444 e. The van der Waals surface area contributed by atoms with E-state index in [1.165, 1.54) is 46.5 Å². The summed E-state index contributed by atoms with van der Waals surface area (Å²) in [6, 6.07) is 22.2. The summed E-state index contributed by atoms with van der Waals surface area (Å²) in [7, 11) is 0. The third-order valence-corrected chi connectivity index (χ3v) is 12.9. The number of amides is 1. The maximum absolute atomic E-state index is 13.8. The number of carbonyl (C=O) groups excluding carboxylic acids is 1. The van der Waals surface area contributed by atoms with Crippen molar-refractivity contribution >= 4 is 6.09 Å². The van der Waals surface area contributed by atoms with Gasteiger partial charge in [-0.1, -0.05) is 48.5 Å². The van der Waals surface area contributed by atoms with Crippen molar-refractivity contribution in [1.29, 1.82) is 0 Å². The van der Waals surface area contributed by atoms with Crippen molar-refractivity contribution < 1.29 is 46.8 Å². The Morgan fingerprint density at radius 1 is 0.708 bits per heavy atom. The number of halogens is 4. The molecule has 0 aromatic heterocycles. The van der Waals surface area contributed by atoms with Gasteiger partial charge in [0.15, 0.2) is 0 Å². The molecule has 2 aliphatic heterocycles. The molecule has 65 heavy (non-hydrogen) atoms. The summed E-state index contributed by atoms with van der Waals surface area (Å²) < 4.78 is 70.7. The van der Waals surface area contributed by atoms with Crippen LogP contribution in [0, 0.1) is 23.3 Å². The molecule has 0 spiro atoms. The SMILES string of the molecule is CC(C)(C)OC(=O)NC(Cc1cc(F)cc(F)c1)C(O)CNC1(c2cccc(C3CCOC3)c2)CC1.NC(Cc1cc(F)cc(F)c1)C(O)CNC1(c2cccc(C3CCOC3)c2)CC1. The zero-order chi connectivity index (χ0) is 46.4. The van der Waals surface area contributed by atoms with Crippen molar-refractivity contribution in [2.24, 2.45) is 5.73 Å². The topological polar surface area (TPSA) is 147 Å². The van der Waals surface area contributed by atoms with E-state index >= 15 is 0 Å². The number of hydrogen-bond donors (Lipinski definition) is 6. The molecule has 1 amide bonds. The lowest BCUT2D eigenvalue weighted by atomic mass is 9.93. The standard InChI is InChI=1S/C28H36F2N2O4.C23H28F2N2O2/c1-27(2,3)36-26(34)32-24(13-18-11-22(29)15-23(30)12-18)25(33)16-31-28(8-9-28)21-6-4-5-19(14-21)20-7-10-35-17-20;24-19-8-15(9-20(25)12-19)10-21(26)22(28)13-27-23(5-6-23)18-3-1-2-16(11-18)17-4-7-29-14-17/h4-6,11-12,14-15,20,24-25,31,33H,7-10,13,16-17H2,1-3H3,(H,32,34);1-3,8-9,11-12,17,21-22,27-28H,4-7,10,13-14,26H2. The Bertz CT molecular complexity index is 2180. The van der Waals surface area contributed by atoms with E-state index in [2.05, 4.69) is 64.5 Å². The Hall–Kier alpha value is -4.41. The Morgan fingerprint density at radius 2 is 1.15 bits per heavy atom. The van der Waals surface area contributed by atoms with Crippen molar-refractivity contribution in [1.82, 2.24) is 16.0 Å². The van der Waals surface area contributed by atoms with Gasteiger partial charge in [-0.15, -0.1) is 0 Å². The Kier molecular flexibility index (Phi) is 15.7. The highest BCUT2D eigenvalue weighted by atomic mass is 19.1. The summed E-state index contributed by atoms with van der Waals surface area (Å²) in [5.41, 5.74) is 10.8. The van der Waals surface area contributed by atoms with Crippen LogP contribution in [0.15, 0.2) is 84.9 Å². The third-order valence-electron chi connectivity index (χ3n) is 12.9. The van der Waals surface area contributed by atoms with Crippen molar-refractivity contribution in [2.45, 2.75) is 125 Å². The number of alkyl carbamates (subject to hydrolysis) is 1. The minimum Gasteiger partial charge on any atom is -0.444 e. The van der Waals surface area contributed by atoms with Gasteiger partial charge in [0.05, 0.1) is 31.5 Å². The number of carbonyl (C=O) groups is 1. The van der Waals surface area contributed by atoms with E-state index in [-0.39, 0.29) is 30.5 Å². The van der Waals surface area contributed by atoms with Gasteiger partial charge in [0.25, 0.3) is 0 Å². The Labute approximate surface area is 379 Å². The molecule has 2 heterocycles.